The number of amides is 1. The van der Waals surface area contributed by atoms with Crippen LogP contribution < -0.4 is 11.1 Å². The maximum absolute atomic E-state index is 11.2. The second kappa shape index (κ2) is 7.29. The molecule has 1 atom stereocenters. The Hall–Kier alpha value is -1.03. The van der Waals surface area contributed by atoms with E-state index in [9.17, 15) is 4.79 Å². The van der Waals surface area contributed by atoms with E-state index in [0.717, 1.165) is 19.3 Å². The first kappa shape index (κ1) is 12.0. The summed E-state index contributed by atoms with van der Waals surface area (Å²) in [6.45, 7) is 0.649. The first-order chi connectivity index (χ1) is 7.33. The summed E-state index contributed by atoms with van der Waals surface area (Å²) in [5.74, 6) is 0. The van der Waals surface area contributed by atoms with Crippen molar-refractivity contribution < 1.29 is 9.53 Å². The average Bonchev–Trinajstić information content (AvgIpc) is 2.19. The molecule has 86 valence electrons. The third kappa shape index (κ3) is 5.42. The van der Waals surface area contributed by atoms with Crippen molar-refractivity contribution in [2.75, 3.05) is 13.2 Å². The number of alkyl carbamates (subject to hydrolysis) is 1. The molecule has 0 aromatic rings. The third-order valence-electron chi connectivity index (χ3n) is 2.41. The molecule has 0 saturated heterocycles. The predicted molar refractivity (Wildman–Crippen MR) is 59.6 cm³/mol. The van der Waals surface area contributed by atoms with Crippen LogP contribution in [-0.2, 0) is 4.74 Å². The van der Waals surface area contributed by atoms with Gasteiger partial charge in [0.15, 0.2) is 0 Å². The molecule has 1 aliphatic rings. The van der Waals surface area contributed by atoms with E-state index in [0.29, 0.717) is 6.54 Å². The van der Waals surface area contributed by atoms with Crippen LogP contribution >= 0.6 is 0 Å². The van der Waals surface area contributed by atoms with Gasteiger partial charge in [-0.05, 0) is 19.3 Å². The van der Waals surface area contributed by atoms with Crippen LogP contribution in [0.2, 0.25) is 0 Å². The average molecular weight is 212 g/mol. The number of carbonyl (C=O) groups is 1. The third-order valence-corrected chi connectivity index (χ3v) is 2.41. The highest BCUT2D eigenvalue weighted by molar-refractivity contribution is 5.67. The minimum absolute atomic E-state index is 0.121. The van der Waals surface area contributed by atoms with Gasteiger partial charge in [-0.2, -0.15) is 0 Å². The molecule has 1 rings (SSSR count). The molecule has 0 radical (unpaired) electrons. The molecule has 1 amide bonds. The molecular formula is C11H20N2O2. The van der Waals surface area contributed by atoms with E-state index < -0.39 is 0 Å². The van der Waals surface area contributed by atoms with Crippen molar-refractivity contribution in [3.63, 3.8) is 0 Å². The topological polar surface area (TPSA) is 64.3 Å². The molecule has 0 aliphatic heterocycles. The Labute approximate surface area is 90.9 Å². The normalized spacial score (nSPS) is 23.7. The number of allylic oxidation sites excluding steroid dienone is 1. The van der Waals surface area contributed by atoms with Crippen molar-refractivity contribution in [1.82, 2.24) is 5.32 Å². The second-order valence-electron chi connectivity index (χ2n) is 3.74. The summed E-state index contributed by atoms with van der Waals surface area (Å²) >= 11 is 0. The molecule has 4 heteroatoms. The summed E-state index contributed by atoms with van der Waals surface area (Å²) in [6.07, 6.45) is 9.57. The predicted octanol–water partition coefficient (Wildman–Crippen LogP) is 1.56. The van der Waals surface area contributed by atoms with Crippen LogP contribution in [0.1, 0.15) is 32.1 Å². The zero-order valence-electron chi connectivity index (χ0n) is 9.08. The Kier molecular flexibility index (Phi) is 5.85. The monoisotopic (exact) mass is 212 g/mol. The van der Waals surface area contributed by atoms with E-state index in [1.54, 1.807) is 0 Å². The number of nitrogens with one attached hydrogen (secondary N) is 1. The summed E-state index contributed by atoms with van der Waals surface area (Å²) in [6, 6.07) is 0.121. The number of hydrogen-bond acceptors (Lipinski definition) is 3. The van der Waals surface area contributed by atoms with E-state index in [4.69, 9.17) is 10.5 Å². The molecule has 0 aromatic heterocycles. The van der Waals surface area contributed by atoms with Gasteiger partial charge in [-0.1, -0.05) is 25.0 Å². The molecular weight excluding hydrogens is 192 g/mol. The number of carbonyl (C=O) groups excluding carboxylic acids is 1. The largest absolute Gasteiger partial charge is 0.448 e. The Bertz CT molecular complexity index is 217. The van der Waals surface area contributed by atoms with Crippen molar-refractivity contribution >= 4 is 6.09 Å². The van der Waals surface area contributed by atoms with Crippen LogP contribution in [0.15, 0.2) is 12.2 Å². The molecule has 0 bridgehead atoms. The summed E-state index contributed by atoms with van der Waals surface area (Å²) in [4.78, 5) is 11.2. The van der Waals surface area contributed by atoms with Crippen LogP contribution in [0.4, 0.5) is 4.79 Å². The lowest BCUT2D eigenvalue weighted by atomic mass is 10.0. The highest BCUT2D eigenvalue weighted by atomic mass is 16.5. The van der Waals surface area contributed by atoms with Crippen LogP contribution in [0, 0.1) is 0 Å². The molecule has 0 spiro atoms. The zero-order chi connectivity index (χ0) is 10.9. The Morgan fingerprint density at radius 1 is 1.47 bits per heavy atom. The Morgan fingerprint density at radius 3 is 3.13 bits per heavy atom. The van der Waals surface area contributed by atoms with E-state index >= 15 is 0 Å². The van der Waals surface area contributed by atoms with Gasteiger partial charge in [0.1, 0.15) is 6.61 Å². The zero-order valence-corrected chi connectivity index (χ0v) is 9.08. The number of nitrogens with two attached hydrogens (primary N) is 1. The molecule has 1 aliphatic carbocycles. The molecule has 3 N–H and O–H groups in total. The van der Waals surface area contributed by atoms with E-state index in [2.05, 4.69) is 17.5 Å². The Balaban J connectivity index is 2.28. The van der Waals surface area contributed by atoms with Gasteiger partial charge in [-0.25, -0.2) is 4.79 Å². The fourth-order valence-corrected chi connectivity index (χ4v) is 1.62. The molecule has 1 unspecified atom stereocenters. The second-order valence-corrected chi connectivity index (χ2v) is 3.74. The lowest BCUT2D eigenvalue weighted by molar-refractivity contribution is 0.146. The van der Waals surface area contributed by atoms with E-state index in [-0.39, 0.29) is 18.7 Å². The van der Waals surface area contributed by atoms with E-state index in [1.165, 1.54) is 12.8 Å². The molecule has 0 saturated carbocycles. The lowest BCUT2D eigenvalue weighted by Crippen LogP contribution is -2.35. The van der Waals surface area contributed by atoms with Crippen molar-refractivity contribution in [2.24, 2.45) is 5.73 Å². The quantitative estimate of drug-likeness (QED) is 0.698. The number of ether oxygens (including phenoxy) is 1. The molecule has 4 nitrogen and oxygen atoms in total. The summed E-state index contributed by atoms with van der Waals surface area (Å²) in [5.41, 5.74) is 5.24. The molecule has 0 aromatic carbocycles. The van der Waals surface area contributed by atoms with Gasteiger partial charge in [-0.15, -0.1) is 0 Å². The van der Waals surface area contributed by atoms with E-state index in [1.807, 2.05) is 0 Å². The summed E-state index contributed by atoms with van der Waals surface area (Å²) < 4.78 is 4.86. The standard InChI is InChI=1S/C11H20N2O2/c12-8-9-15-11(14)13-10-6-4-2-1-3-5-7-10/h4,6,10H,1-3,5,7-9,12H2,(H,13,14)/b6-4-. The van der Waals surface area contributed by atoms with Crippen LogP contribution in [0.3, 0.4) is 0 Å². The van der Waals surface area contributed by atoms with Crippen molar-refractivity contribution in [3.05, 3.63) is 12.2 Å². The van der Waals surface area contributed by atoms with Gasteiger partial charge in [0.2, 0.25) is 0 Å². The highest BCUT2D eigenvalue weighted by Gasteiger charge is 2.10. The lowest BCUT2D eigenvalue weighted by Gasteiger charge is -2.16. The smallest absolute Gasteiger partial charge is 0.407 e. The van der Waals surface area contributed by atoms with Crippen molar-refractivity contribution in [3.8, 4) is 0 Å². The first-order valence-corrected chi connectivity index (χ1v) is 5.63. The minimum Gasteiger partial charge on any atom is -0.448 e. The van der Waals surface area contributed by atoms with Gasteiger partial charge < -0.3 is 15.8 Å². The van der Waals surface area contributed by atoms with Crippen LogP contribution in [0.25, 0.3) is 0 Å². The van der Waals surface area contributed by atoms with Crippen molar-refractivity contribution in [2.45, 2.75) is 38.1 Å². The van der Waals surface area contributed by atoms with Gasteiger partial charge >= 0.3 is 6.09 Å². The summed E-state index contributed by atoms with van der Waals surface area (Å²) in [5, 5.41) is 2.82. The molecule has 0 fully saturated rings. The van der Waals surface area contributed by atoms with Crippen LogP contribution in [-0.4, -0.2) is 25.3 Å². The SMILES string of the molecule is NCCOC(=O)NC1/C=C\CCCCC1. The Morgan fingerprint density at radius 2 is 2.33 bits per heavy atom. The maximum Gasteiger partial charge on any atom is 0.407 e. The fraction of sp³-hybridized carbons (Fsp3) is 0.727. The number of hydrogen-bond donors (Lipinski definition) is 2. The summed E-state index contributed by atoms with van der Waals surface area (Å²) in [7, 11) is 0. The van der Waals surface area contributed by atoms with Gasteiger partial charge in [0.05, 0.1) is 6.04 Å². The molecule has 15 heavy (non-hydrogen) atoms. The maximum atomic E-state index is 11.2. The molecule has 0 heterocycles. The van der Waals surface area contributed by atoms with Crippen LogP contribution in [0.5, 0.6) is 0 Å². The van der Waals surface area contributed by atoms with Gasteiger partial charge in [-0.3, -0.25) is 0 Å². The first-order valence-electron chi connectivity index (χ1n) is 5.63. The van der Waals surface area contributed by atoms with Crippen molar-refractivity contribution in [1.29, 1.82) is 0 Å². The van der Waals surface area contributed by atoms with Gasteiger partial charge in [0, 0.05) is 6.54 Å². The van der Waals surface area contributed by atoms with Gasteiger partial charge in [0.25, 0.3) is 0 Å². The highest BCUT2D eigenvalue weighted by Crippen LogP contribution is 2.11. The minimum atomic E-state index is -0.365. The number of rotatable bonds is 3. The fourth-order valence-electron chi connectivity index (χ4n) is 1.62.